The zero-order valence-electron chi connectivity index (χ0n) is 15.0. The maximum atomic E-state index is 5.43. The standard InChI is InChI=1S/C19H26N4O/c1-21(2)18-20-10-15(22(18)3)12-23-11-14-5-6-16(24-4)9-17(14)19(13-23)7-8-19/h5-6,9-10H,7-8,11-13H2,1-4H3. The number of hydrogen-bond donors (Lipinski definition) is 0. The summed E-state index contributed by atoms with van der Waals surface area (Å²) in [6, 6.07) is 6.59. The van der Waals surface area contributed by atoms with E-state index in [4.69, 9.17) is 4.74 Å². The zero-order chi connectivity index (χ0) is 16.9. The van der Waals surface area contributed by atoms with Gasteiger partial charge < -0.3 is 14.2 Å². The molecule has 5 heteroatoms. The molecule has 4 rings (SSSR count). The first kappa shape index (κ1) is 15.5. The van der Waals surface area contributed by atoms with Crippen molar-refractivity contribution in [3.63, 3.8) is 0 Å². The lowest BCUT2D eigenvalue weighted by molar-refractivity contribution is 0.208. The van der Waals surface area contributed by atoms with Crippen LogP contribution in [0.25, 0.3) is 0 Å². The van der Waals surface area contributed by atoms with Crippen LogP contribution in [0, 0.1) is 0 Å². The molecule has 1 aromatic carbocycles. The predicted molar refractivity (Wildman–Crippen MR) is 95.6 cm³/mol. The number of fused-ring (bicyclic) bond motifs is 2. The summed E-state index contributed by atoms with van der Waals surface area (Å²) in [6.07, 6.45) is 4.59. The summed E-state index contributed by atoms with van der Waals surface area (Å²) in [5, 5.41) is 0. The normalized spacial score (nSPS) is 18.5. The van der Waals surface area contributed by atoms with Crippen molar-refractivity contribution in [3.05, 3.63) is 41.2 Å². The van der Waals surface area contributed by atoms with Crippen molar-refractivity contribution in [2.45, 2.75) is 31.3 Å². The number of benzene rings is 1. The molecule has 1 fully saturated rings. The molecule has 2 aliphatic rings. The molecule has 1 aliphatic carbocycles. The number of aromatic nitrogens is 2. The van der Waals surface area contributed by atoms with Gasteiger partial charge in [0.1, 0.15) is 5.75 Å². The van der Waals surface area contributed by atoms with Crippen molar-refractivity contribution in [1.29, 1.82) is 0 Å². The fraction of sp³-hybridized carbons (Fsp3) is 0.526. The van der Waals surface area contributed by atoms with Gasteiger partial charge in [0, 0.05) is 46.2 Å². The van der Waals surface area contributed by atoms with E-state index < -0.39 is 0 Å². The number of nitrogens with zero attached hydrogens (tertiary/aromatic N) is 4. The number of rotatable bonds is 4. The van der Waals surface area contributed by atoms with E-state index in [2.05, 4.69) is 44.6 Å². The summed E-state index contributed by atoms with van der Waals surface area (Å²) in [5.74, 6) is 1.99. The van der Waals surface area contributed by atoms with Gasteiger partial charge in [-0.05, 0) is 36.1 Å². The van der Waals surface area contributed by atoms with Crippen molar-refractivity contribution < 1.29 is 4.74 Å². The molecular formula is C19H26N4O. The summed E-state index contributed by atoms with van der Waals surface area (Å²) in [5.41, 5.74) is 4.59. The van der Waals surface area contributed by atoms with Gasteiger partial charge in [-0.25, -0.2) is 4.98 Å². The van der Waals surface area contributed by atoms with Crippen LogP contribution in [0.1, 0.15) is 29.7 Å². The molecule has 1 spiro atoms. The SMILES string of the molecule is COc1ccc2c(c1)C1(CC1)CN(Cc1cnc(N(C)C)n1C)C2. The molecule has 0 N–H and O–H groups in total. The van der Waals surface area contributed by atoms with Crippen molar-refractivity contribution in [1.82, 2.24) is 14.5 Å². The highest BCUT2D eigenvalue weighted by molar-refractivity contribution is 5.46. The van der Waals surface area contributed by atoms with Crippen LogP contribution in [0.5, 0.6) is 5.75 Å². The van der Waals surface area contributed by atoms with Gasteiger partial charge in [-0.1, -0.05) is 6.07 Å². The lowest BCUT2D eigenvalue weighted by Gasteiger charge is -2.35. The van der Waals surface area contributed by atoms with Crippen molar-refractivity contribution in [2.24, 2.45) is 7.05 Å². The molecule has 0 atom stereocenters. The van der Waals surface area contributed by atoms with Crippen LogP contribution in [0.2, 0.25) is 0 Å². The molecule has 1 aliphatic heterocycles. The molecule has 0 unspecified atom stereocenters. The Kier molecular flexibility index (Phi) is 3.57. The van der Waals surface area contributed by atoms with Crippen LogP contribution in [0.4, 0.5) is 5.95 Å². The third kappa shape index (κ3) is 2.47. The fourth-order valence-corrected chi connectivity index (χ4v) is 4.04. The molecule has 5 nitrogen and oxygen atoms in total. The monoisotopic (exact) mass is 326 g/mol. The highest BCUT2D eigenvalue weighted by Gasteiger charge is 2.49. The smallest absolute Gasteiger partial charge is 0.204 e. The van der Waals surface area contributed by atoms with E-state index in [0.29, 0.717) is 5.41 Å². The molecule has 1 saturated carbocycles. The zero-order valence-corrected chi connectivity index (χ0v) is 15.0. The third-order valence-electron chi connectivity index (χ3n) is 5.51. The molecule has 128 valence electrons. The Balaban J connectivity index is 1.59. The van der Waals surface area contributed by atoms with E-state index in [1.807, 2.05) is 20.3 Å². The first-order valence-corrected chi connectivity index (χ1v) is 8.60. The molecule has 2 heterocycles. The van der Waals surface area contributed by atoms with E-state index >= 15 is 0 Å². The van der Waals surface area contributed by atoms with Crippen molar-refractivity contribution in [2.75, 3.05) is 32.6 Å². The fourth-order valence-electron chi connectivity index (χ4n) is 4.04. The quantitative estimate of drug-likeness (QED) is 0.865. The maximum absolute atomic E-state index is 5.43. The van der Waals surface area contributed by atoms with Gasteiger partial charge in [0.15, 0.2) is 0 Å². The van der Waals surface area contributed by atoms with Crippen LogP contribution in [-0.2, 0) is 25.6 Å². The van der Waals surface area contributed by atoms with Gasteiger partial charge in [0.05, 0.1) is 19.0 Å². The minimum absolute atomic E-state index is 0.352. The molecule has 24 heavy (non-hydrogen) atoms. The van der Waals surface area contributed by atoms with Crippen molar-refractivity contribution in [3.8, 4) is 5.75 Å². The van der Waals surface area contributed by atoms with Crippen LogP contribution in [0.15, 0.2) is 24.4 Å². The van der Waals surface area contributed by atoms with Crippen LogP contribution < -0.4 is 9.64 Å². The first-order valence-electron chi connectivity index (χ1n) is 8.60. The summed E-state index contributed by atoms with van der Waals surface area (Å²) < 4.78 is 7.63. The highest BCUT2D eigenvalue weighted by atomic mass is 16.5. The van der Waals surface area contributed by atoms with E-state index in [1.165, 1.54) is 29.7 Å². The average Bonchev–Trinajstić information content (AvgIpc) is 3.23. The summed E-state index contributed by atoms with van der Waals surface area (Å²) in [7, 11) is 7.93. The third-order valence-corrected chi connectivity index (χ3v) is 5.51. The Morgan fingerprint density at radius 3 is 2.71 bits per heavy atom. The summed E-state index contributed by atoms with van der Waals surface area (Å²) >= 11 is 0. The molecule has 1 aromatic heterocycles. The molecule has 2 aromatic rings. The second-order valence-corrected chi connectivity index (χ2v) is 7.45. The molecule has 0 bridgehead atoms. The Hall–Kier alpha value is -2.01. The number of imidazole rings is 1. The molecular weight excluding hydrogens is 300 g/mol. The van der Waals surface area contributed by atoms with Crippen LogP contribution >= 0.6 is 0 Å². The second-order valence-electron chi connectivity index (χ2n) is 7.45. The average molecular weight is 326 g/mol. The largest absolute Gasteiger partial charge is 0.497 e. The molecule has 0 saturated heterocycles. The Morgan fingerprint density at radius 2 is 2.08 bits per heavy atom. The first-order chi connectivity index (χ1) is 11.5. The topological polar surface area (TPSA) is 33.5 Å². The van der Waals surface area contributed by atoms with Crippen LogP contribution in [-0.4, -0.2) is 42.2 Å². The molecule has 0 amide bonds. The Labute approximate surface area is 143 Å². The van der Waals surface area contributed by atoms with Crippen LogP contribution in [0.3, 0.4) is 0 Å². The number of ether oxygens (including phenoxy) is 1. The number of hydrogen-bond acceptors (Lipinski definition) is 4. The van der Waals surface area contributed by atoms with Gasteiger partial charge in [0.25, 0.3) is 0 Å². The highest BCUT2D eigenvalue weighted by Crippen LogP contribution is 2.53. The summed E-state index contributed by atoms with van der Waals surface area (Å²) in [6.45, 7) is 3.09. The van der Waals surface area contributed by atoms with E-state index in [1.54, 1.807) is 7.11 Å². The minimum Gasteiger partial charge on any atom is -0.497 e. The van der Waals surface area contributed by atoms with Gasteiger partial charge in [-0.15, -0.1) is 0 Å². The van der Waals surface area contributed by atoms with E-state index in [0.717, 1.165) is 31.3 Å². The van der Waals surface area contributed by atoms with Gasteiger partial charge in [-0.2, -0.15) is 0 Å². The predicted octanol–water partition coefficient (Wildman–Crippen LogP) is 2.54. The molecule has 0 radical (unpaired) electrons. The Bertz CT molecular complexity index is 761. The van der Waals surface area contributed by atoms with Crippen molar-refractivity contribution >= 4 is 5.95 Å². The number of anilines is 1. The second kappa shape index (κ2) is 5.52. The van der Waals surface area contributed by atoms with Gasteiger partial charge in [0.2, 0.25) is 5.95 Å². The van der Waals surface area contributed by atoms with Gasteiger partial charge >= 0.3 is 0 Å². The summed E-state index contributed by atoms with van der Waals surface area (Å²) in [4.78, 5) is 9.17. The van der Waals surface area contributed by atoms with Gasteiger partial charge in [-0.3, -0.25) is 4.90 Å². The van der Waals surface area contributed by atoms with E-state index in [-0.39, 0.29) is 0 Å². The maximum Gasteiger partial charge on any atom is 0.204 e. The lowest BCUT2D eigenvalue weighted by atomic mass is 9.86. The Morgan fingerprint density at radius 1 is 1.29 bits per heavy atom. The lowest BCUT2D eigenvalue weighted by Crippen LogP contribution is -2.37. The number of methoxy groups -OCH3 is 1. The van der Waals surface area contributed by atoms with E-state index in [9.17, 15) is 0 Å². The minimum atomic E-state index is 0.352.